The summed E-state index contributed by atoms with van der Waals surface area (Å²) >= 11 is 0. The second-order valence-corrected chi connectivity index (χ2v) is 6.13. The van der Waals surface area contributed by atoms with Crippen molar-refractivity contribution in [3.05, 3.63) is 23.8 Å². The molecule has 1 amide bonds. The molecule has 0 heterocycles. The third kappa shape index (κ3) is 5.26. The van der Waals surface area contributed by atoms with Crippen LogP contribution >= 0.6 is 0 Å². The number of amides is 1. The van der Waals surface area contributed by atoms with Gasteiger partial charge < -0.3 is 20.5 Å². The first-order valence-corrected chi connectivity index (χ1v) is 8.08. The molecular formula is C13H21N3O5S. The molecule has 1 rings (SSSR count). The van der Waals surface area contributed by atoms with Crippen LogP contribution in [0.25, 0.3) is 0 Å². The first-order chi connectivity index (χ1) is 10.4. The lowest BCUT2D eigenvalue weighted by Crippen LogP contribution is -2.33. The van der Waals surface area contributed by atoms with Gasteiger partial charge in [-0.1, -0.05) is 0 Å². The van der Waals surface area contributed by atoms with E-state index < -0.39 is 15.9 Å². The lowest BCUT2D eigenvalue weighted by Gasteiger charge is -2.10. The van der Waals surface area contributed by atoms with Gasteiger partial charge in [-0.15, -0.1) is 0 Å². The van der Waals surface area contributed by atoms with Gasteiger partial charge in [0.1, 0.15) is 5.75 Å². The number of ether oxygens (including phenoxy) is 2. The van der Waals surface area contributed by atoms with Crippen molar-refractivity contribution in [2.45, 2.75) is 4.90 Å². The molecule has 0 bridgehead atoms. The Hall–Kier alpha value is -1.68. The van der Waals surface area contributed by atoms with Crippen molar-refractivity contribution in [1.82, 2.24) is 10.0 Å². The van der Waals surface area contributed by atoms with E-state index >= 15 is 0 Å². The number of hydrogen-bond donors (Lipinski definition) is 3. The van der Waals surface area contributed by atoms with Gasteiger partial charge >= 0.3 is 0 Å². The van der Waals surface area contributed by atoms with Crippen molar-refractivity contribution >= 4 is 15.9 Å². The lowest BCUT2D eigenvalue weighted by molar-refractivity contribution is 0.0997. The molecule has 124 valence electrons. The van der Waals surface area contributed by atoms with Gasteiger partial charge in [0.25, 0.3) is 5.91 Å². The third-order valence-corrected chi connectivity index (χ3v) is 4.28. The van der Waals surface area contributed by atoms with Crippen LogP contribution < -0.4 is 20.5 Å². The maximum Gasteiger partial charge on any atom is 0.252 e. The summed E-state index contributed by atoms with van der Waals surface area (Å²) in [5.41, 5.74) is 5.23. The summed E-state index contributed by atoms with van der Waals surface area (Å²) in [6.07, 6.45) is 0. The topological polar surface area (TPSA) is 120 Å². The standard InChI is InChI=1S/C13H21N3O5S/c1-20-8-7-15-5-6-16-22(18,19)10-3-4-12(21-2)11(9-10)13(14)17/h3-4,9,15-16H,5-8H2,1-2H3,(H2,14,17). The summed E-state index contributed by atoms with van der Waals surface area (Å²) in [6, 6.07) is 3.94. The lowest BCUT2D eigenvalue weighted by atomic mass is 10.2. The largest absolute Gasteiger partial charge is 0.496 e. The molecule has 0 fully saturated rings. The predicted octanol–water partition coefficient (Wildman–Crippen LogP) is -0.692. The summed E-state index contributed by atoms with van der Waals surface area (Å²) in [5.74, 6) is -0.525. The van der Waals surface area contributed by atoms with Gasteiger partial charge in [0.15, 0.2) is 0 Å². The monoisotopic (exact) mass is 331 g/mol. The normalized spacial score (nSPS) is 11.4. The number of hydrogen-bond acceptors (Lipinski definition) is 6. The van der Waals surface area contributed by atoms with Crippen LogP contribution in [0.5, 0.6) is 5.75 Å². The van der Waals surface area contributed by atoms with Crippen LogP contribution in [0.1, 0.15) is 10.4 Å². The van der Waals surface area contributed by atoms with E-state index in [1.807, 2.05) is 0 Å². The number of sulfonamides is 1. The van der Waals surface area contributed by atoms with Crippen LogP contribution in [0.3, 0.4) is 0 Å². The molecule has 0 aromatic heterocycles. The minimum atomic E-state index is -3.72. The summed E-state index contributed by atoms with van der Waals surface area (Å²) in [6.45, 7) is 1.85. The van der Waals surface area contributed by atoms with Crippen molar-refractivity contribution in [3.8, 4) is 5.75 Å². The number of primary amides is 1. The van der Waals surface area contributed by atoms with Crippen molar-refractivity contribution < 1.29 is 22.7 Å². The molecule has 0 spiro atoms. The Morgan fingerprint density at radius 1 is 1.23 bits per heavy atom. The van der Waals surface area contributed by atoms with E-state index in [0.717, 1.165) is 0 Å². The number of nitrogens with one attached hydrogen (secondary N) is 2. The van der Waals surface area contributed by atoms with E-state index in [0.29, 0.717) is 19.7 Å². The van der Waals surface area contributed by atoms with Crippen molar-refractivity contribution in [2.75, 3.05) is 40.5 Å². The number of carbonyl (C=O) groups is 1. The first kappa shape index (κ1) is 18.4. The molecule has 1 aromatic carbocycles. The predicted molar refractivity (Wildman–Crippen MR) is 81.4 cm³/mol. The smallest absolute Gasteiger partial charge is 0.252 e. The molecular weight excluding hydrogens is 310 g/mol. The summed E-state index contributed by atoms with van der Waals surface area (Å²) in [4.78, 5) is 11.3. The minimum Gasteiger partial charge on any atom is -0.496 e. The summed E-state index contributed by atoms with van der Waals surface area (Å²) < 4.78 is 36.5. The zero-order valence-corrected chi connectivity index (χ0v) is 13.4. The van der Waals surface area contributed by atoms with Gasteiger partial charge in [-0.3, -0.25) is 4.79 Å². The second kappa shape index (κ2) is 8.69. The van der Waals surface area contributed by atoms with Crippen molar-refractivity contribution in [2.24, 2.45) is 5.73 Å². The van der Waals surface area contributed by atoms with Crippen LogP contribution in [0.2, 0.25) is 0 Å². The van der Waals surface area contributed by atoms with Crippen molar-refractivity contribution in [3.63, 3.8) is 0 Å². The Bertz CT molecular complexity index is 604. The summed E-state index contributed by atoms with van der Waals surface area (Å²) in [7, 11) is -0.756. The molecule has 1 aromatic rings. The maximum atomic E-state index is 12.1. The maximum absolute atomic E-state index is 12.1. The molecule has 4 N–H and O–H groups in total. The van der Waals surface area contributed by atoms with Gasteiger partial charge in [0.2, 0.25) is 10.0 Å². The third-order valence-electron chi connectivity index (χ3n) is 2.82. The molecule has 0 aliphatic carbocycles. The number of rotatable bonds is 10. The van der Waals surface area contributed by atoms with Crippen LogP contribution in [0.4, 0.5) is 0 Å². The van der Waals surface area contributed by atoms with E-state index in [1.165, 1.54) is 25.3 Å². The van der Waals surface area contributed by atoms with Crippen LogP contribution in [0.15, 0.2) is 23.1 Å². The highest BCUT2D eigenvalue weighted by Crippen LogP contribution is 2.21. The first-order valence-electron chi connectivity index (χ1n) is 6.59. The van der Waals surface area contributed by atoms with Gasteiger partial charge in [0.05, 0.1) is 24.2 Å². The van der Waals surface area contributed by atoms with E-state index in [2.05, 4.69) is 10.0 Å². The molecule has 22 heavy (non-hydrogen) atoms. The zero-order chi connectivity index (χ0) is 16.6. The van der Waals surface area contributed by atoms with E-state index in [-0.39, 0.29) is 22.8 Å². The Morgan fingerprint density at radius 3 is 2.55 bits per heavy atom. The molecule has 0 saturated heterocycles. The molecule has 8 nitrogen and oxygen atoms in total. The van der Waals surface area contributed by atoms with Crippen LogP contribution in [-0.4, -0.2) is 54.8 Å². The van der Waals surface area contributed by atoms with E-state index in [1.54, 1.807) is 7.11 Å². The average molecular weight is 331 g/mol. The molecule has 0 saturated carbocycles. The van der Waals surface area contributed by atoms with E-state index in [4.69, 9.17) is 15.2 Å². The molecule has 0 aliphatic heterocycles. The summed E-state index contributed by atoms with van der Waals surface area (Å²) in [5, 5.41) is 3.01. The fourth-order valence-corrected chi connectivity index (χ4v) is 2.76. The Balaban J connectivity index is 2.72. The van der Waals surface area contributed by atoms with E-state index in [9.17, 15) is 13.2 Å². The Labute approximate surface area is 130 Å². The molecule has 0 atom stereocenters. The highest BCUT2D eigenvalue weighted by molar-refractivity contribution is 7.89. The Kier molecular flexibility index (Phi) is 7.25. The quantitative estimate of drug-likeness (QED) is 0.488. The Morgan fingerprint density at radius 2 is 1.95 bits per heavy atom. The van der Waals surface area contributed by atoms with Crippen LogP contribution in [0, 0.1) is 0 Å². The molecule has 0 unspecified atom stereocenters. The zero-order valence-electron chi connectivity index (χ0n) is 12.6. The number of benzene rings is 1. The number of methoxy groups -OCH3 is 2. The van der Waals surface area contributed by atoms with Crippen molar-refractivity contribution in [1.29, 1.82) is 0 Å². The second-order valence-electron chi connectivity index (χ2n) is 4.37. The molecule has 0 aliphatic rings. The van der Waals surface area contributed by atoms with Crippen LogP contribution in [-0.2, 0) is 14.8 Å². The van der Waals surface area contributed by atoms with Gasteiger partial charge in [-0.05, 0) is 18.2 Å². The average Bonchev–Trinajstić information content (AvgIpc) is 2.49. The van der Waals surface area contributed by atoms with Gasteiger partial charge in [-0.2, -0.15) is 0 Å². The number of nitrogens with two attached hydrogens (primary N) is 1. The molecule has 0 radical (unpaired) electrons. The number of carbonyl (C=O) groups excluding carboxylic acids is 1. The molecule has 9 heteroatoms. The highest BCUT2D eigenvalue weighted by Gasteiger charge is 2.18. The fraction of sp³-hybridized carbons (Fsp3) is 0.462. The minimum absolute atomic E-state index is 0.0172. The van der Waals surface area contributed by atoms with Gasteiger partial charge in [-0.25, -0.2) is 13.1 Å². The van der Waals surface area contributed by atoms with Gasteiger partial charge in [0, 0.05) is 26.7 Å². The highest BCUT2D eigenvalue weighted by atomic mass is 32.2. The SMILES string of the molecule is COCCNCCNS(=O)(=O)c1ccc(OC)c(C(N)=O)c1. The fourth-order valence-electron chi connectivity index (χ4n) is 1.70.